The highest BCUT2D eigenvalue weighted by molar-refractivity contribution is 5.53. The first-order valence-electron chi connectivity index (χ1n) is 6.40. The lowest BCUT2D eigenvalue weighted by Gasteiger charge is -2.29. The van der Waals surface area contributed by atoms with Crippen LogP contribution in [0.4, 0.5) is 5.69 Å². The normalized spacial score (nSPS) is 24.0. The van der Waals surface area contributed by atoms with Gasteiger partial charge in [-0.05, 0) is 30.4 Å². The van der Waals surface area contributed by atoms with Gasteiger partial charge in [0.05, 0.1) is 5.69 Å². The lowest BCUT2D eigenvalue weighted by Crippen LogP contribution is -2.24. The molecule has 2 atom stereocenters. The summed E-state index contributed by atoms with van der Waals surface area (Å²) in [7, 11) is 0. The molecule has 0 aliphatic heterocycles. The van der Waals surface area contributed by atoms with E-state index >= 15 is 0 Å². The summed E-state index contributed by atoms with van der Waals surface area (Å²) in [5, 5.41) is 12.3. The molecule has 1 aliphatic rings. The van der Waals surface area contributed by atoms with Crippen LogP contribution in [0.1, 0.15) is 38.3 Å². The number of nitrogens with one attached hydrogen (secondary N) is 1. The van der Waals surface area contributed by atoms with Crippen LogP contribution in [0.15, 0.2) is 18.3 Å². The molecule has 2 unspecified atom stereocenters. The van der Waals surface area contributed by atoms with E-state index in [2.05, 4.69) is 23.3 Å². The number of aromatic nitrogens is 1. The standard InChI is InChI=1S/C14H19N3/c1-11-5-2-3-6-12(11)10-17-13-7-4-8-16-14(13)9-15/h4,7-8,11-12,17H,2-3,5-6,10H2,1H3. The Hall–Kier alpha value is -1.56. The summed E-state index contributed by atoms with van der Waals surface area (Å²) in [6.45, 7) is 3.29. The Balaban J connectivity index is 1.95. The molecule has 0 bridgehead atoms. The Labute approximate surface area is 103 Å². The van der Waals surface area contributed by atoms with Crippen LogP contribution in [0.3, 0.4) is 0 Å². The molecule has 3 heteroatoms. The van der Waals surface area contributed by atoms with E-state index in [4.69, 9.17) is 5.26 Å². The van der Waals surface area contributed by atoms with Gasteiger partial charge in [-0.3, -0.25) is 0 Å². The van der Waals surface area contributed by atoms with Crippen molar-refractivity contribution < 1.29 is 0 Å². The molecule has 1 saturated carbocycles. The zero-order valence-corrected chi connectivity index (χ0v) is 10.3. The number of nitrogens with zero attached hydrogens (tertiary/aromatic N) is 2. The second-order valence-corrected chi connectivity index (χ2v) is 4.91. The molecule has 1 N–H and O–H groups in total. The van der Waals surface area contributed by atoms with Crippen molar-refractivity contribution in [2.75, 3.05) is 11.9 Å². The summed E-state index contributed by atoms with van der Waals surface area (Å²) in [6.07, 6.45) is 7.01. The van der Waals surface area contributed by atoms with Gasteiger partial charge in [0.2, 0.25) is 0 Å². The summed E-state index contributed by atoms with van der Waals surface area (Å²) in [5.74, 6) is 1.52. The van der Waals surface area contributed by atoms with Crippen LogP contribution in [0.5, 0.6) is 0 Å². The van der Waals surface area contributed by atoms with Gasteiger partial charge in [0.15, 0.2) is 5.69 Å². The average molecular weight is 229 g/mol. The van der Waals surface area contributed by atoms with E-state index in [0.29, 0.717) is 5.69 Å². The number of nitriles is 1. The first-order chi connectivity index (χ1) is 8.31. The van der Waals surface area contributed by atoms with Gasteiger partial charge >= 0.3 is 0 Å². The zero-order valence-electron chi connectivity index (χ0n) is 10.3. The van der Waals surface area contributed by atoms with E-state index in [1.165, 1.54) is 25.7 Å². The lowest BCUT2D eigenvalue weighted by atomic mass is 9.80. The summed E-state index contributed by atoms with van der Waals surface area (Å²) >= 11 is 0. The minimum absolute atomic E-state index is 0.496. The molecule has 17 heavy (non-hydrogen) atoms. The van der Waals surface area contributed by atoms with Crippen LogP contribution in [0, 0.1) is 23.2 Å². The maximum atomic E-state index is 8.95. The zero-order chi connectivity index (χ0) is 12.1. The van der Waals surface area contributed by atoms with Gasteiger partial charge < -0.3 is 5.32 Å². The molecule has 0 amide bonds. The number of hydrogen-bond acceptors (Lipinski definition) is 3. The Morgan fingerprint density at radius 1 is 1.47 bits per heavy atom. The Morgan fingerprint density at radius 3 is 3.06 bits per heavy atom. The van der Waals surface area contributed by atoms with Crippen molar-refractivity contribution in [3.05, 3.63) is 24.0 Å². The fraction of sp³-hybridized carbons (Fsp3) is 0.571. The van der Waals surface area contributed by atoms with Gasteiger partial charge in [-0.25, -0.2) is 4.98 Å². The van der Waals surface area contributed by atoms with Gasteiger partial charge in [-0.1, -0.05) is 26.2 Å². The Bertz CT molecular complexity index is 408. The van der Waals surface area contributed by atoms with Crippen LogP contribution in [0.25, 0.3) is 0 Å². The Kier molecular flexibility index (Phi) is 3.98. The summed E-state index contributed by atoms with van der Waals surface area (Å²) in [5.41, 5.74) is 1.36. The van der Waals surface area contributed by atoms with Crippen molar-refractivity contribution in [3.8, 4) is 6.07 Å². The molecule has 1 aromatic rings. The van der Waals surface area contributed by atoms with Gasteiger partial charge in [0, 0.05) is 12.7 Å². The molecule has 1 aliphatic carbocycles. The van der Waals surface area contributed by atoms with Crippen LogP contribution in [0.2, 0.25) is 0 Å². The molecule has 2 rings (SSSR count). The monoisotopic (exact) mass is 229 g/mol. The van der Waals surface area contributed by atoms with E-state index in [9.17, 15) is 0 Å². The van der Waals surface area contributed by atoms with Gasteiger partial charge in [0.1, 0.15) is 6.07 Å². The minimum atomic E-state index is 0.496. The third-order valence-electron chi connectivity index (χ3n) is 3.76. The number of anilines is 1. The van der Waals surface area contributed by atoms with Crippen molar-refractivity contribution in [1.29, 1.82) is 5.26 Å². The fourth-order valence-electron chi connectivity index (χ4n) is 2.57. The third kappa shape index (κ3) is 2.97. The van der Waals surface area contributed by atoms with E-state index < -0.39 is 0 Å². The second kappa shape index (κ2) is 5.67. The predicted octanol–water partition coefficient (Wildman–Crippen LogP) is 3.19. The summed E-state index contributed by atoms with van der Waals surface area (Å²) in [6, 6.07) is 5.92. The molecular weight excluding hydrogens is 210 g/mol. The average Bonchev–Trinajstić information content (AvgIpc) is 2.38. The first kappa shape index (κ1) is 11.9. The van der Waals surface area contributed by atoms with E-state index in [1.54, 1.807) is 6.20 Å². The largest absolute Gasteiger partial charge is 0.382 e. The molecular formula is C14H19N3. The quantitative estimate of drug-likeness (QED) is 0.866. The van der Waals surface area contributed by atoms with Crippen LogP contribution < -0.4 is 5.32 Å². The first-order valence-corrected chi connectivity index (χ1v) is 6.40. The molecule has 1 heterocycles. The van der Waals surface area contributed by atoms with E-state index in [1.807, 2.05) is 12.1 Å². The molecule has 1 aromatic heterocycles. The molecule has 1 fully saturated rings. The maximum absolute atomic E-state index is 8.95. The molecule has 0 radical (unpaired) electrons. The number of hydrogen-bond donors (Lipinski definition) is 1. The lowest BCUT2D eigenvalue weighted by molar-refractivity contribution is 0.268. The van der Waals surface area contributed by atoms with Crippen LogP contribution >= 0.6 is 0 Å². The number of pyridine rings is 1. The van der Waals surface area contributed by atoms with Gasteiger partial charge in [-0.2, -0.15) is 5.26 Å². The number of rotatable bonds is 3. The van der Waals surface area contributed by atoms with E-state index in [0.717, 1.165) is 24.1 Å². The van der Waals surface area contributed by atoms with Crippen molar-refractivity contribution in [2.24, 2.45) is 11.8 Å². The molecule has 0 aromatic carbocycles. The highest BCUT2D eigenvalue weighted by Gasteiger charge is 2.21. The minimum Gasteiger partial charge on any atom is -0.382 e. The summed E-state index contributed by atoms with van der Waals surface area (Å²) in [4.78, 5) is 4.06. The molecule has 90 valence electrons. The third-order valence-corrected chi connectivity index (χ3v) is 3.76. The maximum Gasteiger partial charge on any atom is 0.163 e. The predicted molar refractivity (Wildman–Crippen MR) is 68.6 cm³/mol. The van der Waals surface area contributed by atoms with E-state index in [-0.39, 0.29) is 0 Å². The highest BCUT2D eigenvalue weighted by atomic mass is 14.9. The molecule has 3 nitrogen and oxygen atoms in total. The highest BCUT2D eigenvalue weighted by Crippen LogP contribution is 2.29. The second-order valence-electron chi connectivity index (χ2n) is 4.91. The fourth-order valence-corrected chi connectivity index (χ4v) is 2.57. The molecule has 0 spiro atoms. The SMILES string of the molecule is CC1CCCCC1CNc1cccnc1C#N. The smallest absolute Gasteiger partial charge is 0.163 e. The Morgan fingerprint density at radius 2 is 2.29 bits per heavy atom. The van der Waals surface area contributed by atoms with Crippen molar-refractivity contribution in [2.45, 2.75) is 32.6 Å². The molecule has 0 saturated heterocycles. The van der Waals surface area contributed by atoms with Crippen LogP contribution in [-0.2, 0) is 0 Å². The van der Waals surface area contributed by atoms with Crippen molar-refractivity contribution >= 4 is 5.69 Å². The van der Waals surface area contributed by atoms with Crippen molar-refractivity contribution in [1.82, 2.24) is 4.98 Å². The summed E-state index contributed by atoms with van der Waals surface area (Å²) < 4.78 is 0. The van der Waals surface area contributed by atoms with Gasteiger partial charge in [-0.15, -0.1) is 0 Å². The van der Waals surface area contributed by atoms with Crippen molar-refractivity contribution in [3.63, 3.8) is 0 Å². The topological polar surface area (TPSA) is 48.7 Å². The van der Waals surface area contributed by atoms with Crippen LogP contribution in [-0.4, -0.2) is 11.5 Å². The van der Waals surface area contributed by atoms with Gasteiger partial charge in [0.25, 0.3) is 0 Å².